The van der Waals surface area contributed by atoms with Crippen LogP contribution in [0.25, 0.3) is 10.9 Å². The number of rotatable bonds is 0. The topological polar surface area (TPSA) is 25.8 Å². The van der Waals surface area contributed by atoms with Crippen LogP contribution in [0.5, 0.6) is 0 Å². The molecule has 0 aliphatic heterocycles. The number of alkyl halides is 3. The summed E-state index contributed by atoms with van der Waals surface area (Å²) in [7, 11) is 0. The van der Waals surface area contributed by atoms with Crippen molar-refractivity contribution in [3.63, 3.8) is 0 Å². The predicted octanol–water partition coefficient (Wildman–Crippen LogP) is 4.61. The van der Waals surface area contributed by atoms with E-state index >= 15 is 0 Å². The van der Waals surface area contributed by atoms with Gasteiger partial charge in [-0.1, -0.05) is 34.8 Å². The maximum atomic E-state index is 12.5. The van der Waals surface area contributed by atoms with E-state index in [0.717, 1.165) is 0 Å². The minimum Gasteiger partial charge on any atom is -0.223 e. The van der Waals surface area contributed by atoms with Gasteiger partial charge in [0.05, 0.1) is 20.9 Å². The molecule has 0 N–H and O–H groups in total. The van der Waals surface area contributed by atoms with Crippen LogP contribution >= 0.6 is 34.8 Å². The van der Waals surface area contributed by atoms with Gasteiger partial charge in [-0.05, 0) is 12.1 Å². The highest BCUT2D eigenvalue weighted by Gasteiger charge is 2.35. The molecule has 0 fully saturated rings. The van der Waals surface area contributed by atoms with Gasteiger partial charge >= 0.3 is 6.18 Å². The molecular formula is C9H2Cl3F3N2. The first-order valence-corrected chi connectivity index (χ1v) is 5.32. The molecule has 0 bridgehead atoms. The summed E-state index contributed by atoms with van der Waals surface area (Å²) in [6.45, 7) is 0. The van der Waals surface area contributed by atoms with Gasteiger partial charge in [0.25, 0.3) is 0 Å². The Balaban J connectivity index is 2.87. The third-order valence-electron chi connectivity index (χ3n) is 1.96. The number of hydrogen-bond acceptors (Lipinski definition) is 2. The monoisotopic (exact) mass is 300 g/mol. The van der Waals surface area contributed by atoms with Gasteiger partial charge in [-0.25, -0.2) is 9.97 Å². The predicted molar refractivity (Wildman–Crippen MR) is 59.6 cm³/mol. The first kappa shape index (κ1) is 12.7. The summed E-state index contributed by atoms with van der Waals surface area (Å²) in [6, 6.07) is 2.75. The Morgan fingerprint density at radius 3 is 2.12 bits per heavy atom. The molecule has 0 aliphatic carbocycles. The molecule has 0 unspecified atom stereocenters. The van der Waals surface area contributed by atoms with Crippen LogP contribution in [0.1, 0.15) is 5.82 Å². The van der Waals surface area contributed by atoms with Crippen molar-refractivity contribution in [2.24, 2.45) is 0 Å². The Morgan fingerprint density at radius 2 is 1.53 bits per heavy atom. The van der Waals surface area contributed by atoms with E-state index in [0.29, 0.717) is 0 Å². The Kier molecular flexibility index (Phi) is 3.10. The van der Waals surface area contributed by atoms with Gasteiger partial charge in [-0.2, -0.15) is 13.2 Å². The largest absolute Gasteiger partial charge is 0.451 e. The lowest BCUT2D eigenvalue weighted by molar-refractivity contribution is -0.144. The lowest BCUT2D eigenvalue weighted by Crippen LogP contribution is -2.11. The molecule has 0 saturated carbocycles. The Labute approximate surface area is 108 Å². The lowest BCUT2D eigenvalue weighted by Gasteiger charge is -2.09. The van der Waals surface area contributed by atoms with E-state index in [1.165, 1.54) is 12.1 Å². The van der Waals surface area contributed by atoms with E-state index in [9.17, 15) is 13.2 Å². The summed E-state index contributed by atoms with van der Waals surface area (Å²) >= 11 is 17.2. The van der Waals surface area contributed by atoms with Crippen molar-refractivity contribution in [2.45, 2.75) is 6.18 Å². The van der Waals surface area contributed by atoms with Crippen LogP contribution in [-0.2, 0) is 6.18 Å². The van der Waals surface area contributed by atoms with Crippen molar-refractivity contribution in [2.75, 3.05) is 0 Å². The molecule has 17 heavy (non-hydrogen) atoms. The molecule has 0 saturated heterocycles. The lowest BCUT2D eigenvalue weighted by atomic mass is 10.2. The second-order valence-corrected chi connectivity index (χ2v) is 4.26. The van der Waals surface area contributed by atoms with Crippen LogP contribution in [0.15, 0.2) is 12.1 Å². The summed E-state index contributed by atoms with van der Waals surface area (Å²) in [5.41, 5.74) is -0.119. The first-order valence-electron chi connectivity index (χ1n) is 4.19. The quantitative estimate of drug-likeness (QED) is 0.664. The van der Waals surface area contributed by atoms with Gasteiger partial charge in [0.15, 0.2) is 0 Å². The highest BCUT2D eigenvalue weighted by atomic mass is 35.5. The number of fused-ring (bicyclic) bond motifs is 1. The molecule has 1 heterocycles. The average Bonchev–Trinajstić information content (AvgIpc) is 2.21. The van der Waals surface area contributed by atoms with Crippen molar-refractivity contribution in [1.82, 2.24) is 9.97 Å². The van der Waals surface area contributed by atoms with E-state index in [-0.39, 0.29) is 26.1 Å². The van der Waals surface area contributed by atoms with Crippen molar-refractivity contribution >= 4 is 45.7 Å². The molecule has 1 aromatic carbocycles. The minimum atomic E-state index is -4.69. The van der Waals surface area contributed by atoms with Gasteiger partial charge in [-0.15, -0.1) is 0 Å². The summed E-state index contributed by atoms with van der Waals surface area (Å²) in [4.78, 5) is 6.49. The molecule has 0 aliphatic rings. The fraction of sp³-hybridized carbons (Fsp3) is 0.111. The maximum Gasteiger partial charge on any atom is 0.451 e. The number of benzene rings is 1. The zero-order chi connectivity index (χ0) is 12.8. The molecular weight excluding hydrogens is 299 g/mol. The highest BCUT2D eigenvalue weighted by molar-refractivity contribution is 6.44. The van der Waals surface area contributed by atoms with Gasteiger partial charge in [-0.3, -0.25) is 0 Å². The van der Waals surface area contributed by atoms with E-state index < -0.39 is 12.0 Å². The summed E-state index contributed by atoms with van der Waals surface area (Å²) < 4.78 is 37.4. The standard InChI is InChI=1S/C9H2Cl3F3N2/c10-3-1-2-4(11)6-5(3)7(12)17-8(16-6)9(13,14)15/h1-2H. The SMILES string of the molecule is FC(F)(F)c1nc(Cl)c2c(Cl)ccc(Cl)c2n1. The molecule has 0 spiro atoms. The number of nitrogens with zero attached hydrogens (tertiary/aromatic N) is 2. The van der Waals surface area contributed by atoms with Gasteiger partial charge in [0.1, 0.15) is 5.15 Å². The van der Waals surface area contributed by atoms with Crippen LogP contribution in [-0.4, -0.2) is 9.97 Å². The summed E-state index contributed by atoms with van der Waals surface area (Å²) in [5.74, 6) is -1.35. The van der Waals surface area contributed by atoms with Crippen LogP contribution < -0.4 is 0 Å². The van der Waals surface area contributed by atoms with Gasteiger partial charge in [0.2, 0.25) is 5.82 Å². The number of aromatic nitrogens is 2. The molecule has 2 aromatic rings. The Hall–Kier alpha value is -0.780. The fourth-order valence-corrected chi connectivity index (χ4v) is 2.01. The Morgan fingerprint density at radius 1 is 0.941 bits per heavy atom. The second kappa shape index (κ2) is 4.15. The minimum absolute atomic E-state index is 0.0270. The first-order chi connectivity index (χ1) is 7.80. The zero-order valence-electron chi connectivity index (χ0n) is 7.82. The van der Waals surface area contributed by atoms with E-state index in [1.807, 2.05) is 0 Å². The molecule has 90 valence electrons. The van der Waals surface area contributed by atoms with Crippen LogP contribution in [0.3, 0.4) is 0 Å². The van der Waals surface area contributed by atoms with Crippen molar-refractivity contribution in [3.05, 3.63) is 33.2 Å². The van der Waals surface area contributed by atoms with Gasteiger partial charge in [0, 0.05) is 0 Å². The molecule has 0 amide bonds. The van der Waals surface area contributed by atoms with Crippen LogP contribution in [0, 0.1) is 0 Å². The number of hydrogen-bond donors (Lipinski definition) is 0. The second-order valence-electron chi connectivity index (χ2n) is 3.09. The Bertz CT molecular complexity index is 598. The normalized spacial score (nSPS) is 12.1. The van der Waals surface area contributed by atoms with E-state index in [2.05, 4.69) is 9.97 Å². The smallest absolute Gasteiger partial charge is 0.223 e. The van der Waals surface area contributed by atoms with E-state index in [4.69, 9.17) is 34.8 Å². The zero-order valence-corrected chi connectivity index (χ0v) is 10.1. The van der Waals surface area contributed by atoms with Crippen molar-refractivity contribution < 1.29 is 13.2 Å². The maximum absolute atomic E-state index is 12.5. The average molecular weight is 301 g/mol. The molecule has 0 radical (unpaired) electrons. The summed E-state index contributed by atoms with van der Waals surface area (Å²) in [5, 5.41) is -0.106. The summed E-state index contributed by atoms with van der Waals surface area (Å²) in [6.07, 6.45) is -4.69. The molecule has 8 heteroatoms. The van der Waals surface area contributed by atoms with Crippen LogP contribution in [0.2, 0.25) is 15.2 Å². The molecule has 1 aromatic heterocycles. The van der Waals surface area contributed by atoms with Crippen molar-refractivity contribution in [3.8, 4) is 0 Å². The third-order valence-corrected chi connectivity index (χ3v) is 2.85. The van der Waals surface area contributed by atoms with E-state index in [1.54, 1.807) is 0 Å². The molecule has 0 atom stereocenters. The van der Waals surface area contributed by atoms with Crippen molar-refractivity contribution in [1.29, 1.82) is 0 Å². The highest BCUT2D eigenvalue weighted by Crippen LogP contribution is 2.35. The fourth-order valence-electron chi connectivity index (χ4n) is 1.25. The number of halogens is 6. The van der Waals surface area contributed by atoms with Gasteiger partial charge < -0.3 is 0 Å². The molecule has 2 rings (SSSR count). The third kappa shape index (κ3) is 2.27. The van der Waals surface area contributed by atoms with Crippen LogP contribution in [0.4, 0.5) is 13.2 Å². The molecule has 2 nitrogen and oxygen atoms in total.